The van der Waals surface area contributed by atoms with Gasteiger partial charge in [-0.1, -0.05) is 69.0 Å². The molecule has 0 aliphatic heterocycles. The van der Waals surface area contributed by atoms with Crippen LogP contribution >= 0.6 is 0 Å². The highest BCUT2D eigenvalue weighted by Gasteiger charge is 2.44. The number of unbranched alkanes of at least 4 members (excludes halogenated alkanes) is 2. The number of hydrogen-bond acceptors (Lipinski definition) is 6. The molecule has 2 aliphatic rings. The first-order chi connectivity index (χ1) is 18.9. The molecule has 6 heteroatoms. The van der Waals surface area contributed by atoms with Crippen molar-refractivity contribution in [3.05, 3.63) is 59.7 Å². The highest BCUT2D eigenvalue weighted by Crippen LogP contribution is 2.39. The fourth-order valence-electron chi connectivity index (χ4n) is 6.22. The van der Waals surface area contributed by atoms with E-state index in [-0.39, 0.29) is 0 Å². The van der Waals surface area contributed by atoms with Gasteiger partial charge in [-0.2, -0.15) is 0 Å². The lowest BCUT2D eigenvalue weighted by atomic mass is 9.76. The maximum absolute atomic E-state index is 12.9. The summed E-state index contributed by atoms with van der Waals surface area (Å²) < 4.78 is 10.9. The Labute approximate surface area is 232 Å². The first-order valence-corrected chi connectivity index (χ1v) is 14.5. The number of carbonyl (C=O) groups excluding carboxylic acids is 2. The normalized spacial score (nSPS) is 26.8. The smallest absolute Gasteiger partial charge is 0.339 e. The van der Waals surface area contributed by atoms with Crippen LogP contribution in [0.2, 0.25) is 0 Å². The number of esters is 1. The zero-order chi connectivity index (χ0) is 27.7. The van der Waals surface area contributed by atoms with Crippen molar-refractivity contribution in [2.45, 2.75) is 101 Å². The lowest BCUT2D eigenvalue weighted by Crippen LogP contribution is -2.48. The van der Waals surface area contributed by atoms with Gasteiger partial charge in [0.25, 0.3) is 6.47 Å². The molecule has 0 radical (unpaired) electrons. The van der Waals surface area contributed by atoms with Gasteiger partial charge in [0.15, 0.2) is 0 Å². The van der Waals surface area contributed by atoms with E-state index < -0.39 is 17.2 Å². The Kier molecular flexibility index (Phi) is 9.71. The van der Waals surface area contributed by atoms with Gasteiger partial charge in [-0.3, -0.25) is 4.79 Å². The second-order valence-electron chi connectivity index (χ2n) is 11.4. The van der Waals surface area contributed by atoms with Crippen molar-refractivity contribution in [1.29, 1.82) is 10.8 Å². The molecule has 0 bridgehead atoms. The third-order valence-electron chi connectivity index (χ3n) is 8.95. The molecule has 208 valence electrons. The van der Waals surface area contributed by atoms with Crippen LogP contribution in [0, 0.1) is 16.7 Å². The van der Waals surface area contributed by atoms with Crippen LogP contribution in [0.15, 0.2) is 48.5 Å². The minimum atomic E-state index is -1.06. The second-order valence-corrected chi connectivity index (χ2v) is 11.4. The van der Waals surface area contributed by atoms with Crippen LogP contribution in [0.4, 0.5) is 0 Å². The Hall–Kier alpha value is -3.28. The summed E-state index contributed by atoms with van der Waals surface area (Å²) in [5.74, 6) is 1.09. The van der Waals surface area contributed by atoms with Crippen molar-refractivity contribution < 1.29 is 19.1 Å². The summed E-state index contributed by atoms with van der Waals surface area (Å²) in [5, 5.41) is 15.5. The van der Waals surface area contributed by atoms with Crippen molar-refractivity contribution in [3.8, 4) is 11.1 Å². The minimum absolute atomic E-state index is 0.316. The highest BCUT2D eigenvalue weighted by atomic mass is 16.6. The largest absolute Gasteiger partial charge is 0.455 e. The number of rotatable bonds is 12. The fourth-order valence-corrected chi connectivity index (χ4v) is 6.22. The Morgan fingerprint density at radius 1 is 0.846 bits per heavy atom. The minimum Gasteiger partial charge on any atom is -0.455 e. The monoisotopic (exact) mass is 530 g/mol. The van der Waals surface area contributed by atoms with E-state index >= 15 is 0 Å². The molecule has 2 fully saturated rings. The lowest BCUT2D eigenvalue weighted by molar-refractivity contribution is -0.142. The first-order valence-electron chi connectivity index (χ1n) is 14.5. The Balaban J connectivity index is 1.32. The highest BCUT2D eigenvalue weighted by molar-refractivity contribution is 5.92. The average Bonchev–Trinajstić information content (AvgIpc) is 2.99. The molecule has 0 spiro atoms. The van der Waals surface area contributed by atoms with E-state index in [0.717, 1.165) is 29.5 Å². The summed E-state index contributed by atoms with van der Waals surface area (Å²) in [6.45, 7) is 2.62. The van der Waals surface area contributed by atoms with E-state index in [1.165, 1.54) is 56.9 Å². The molecule has 0 aromatic heterocycles. The molecule has 0 unspecified atom stereocenters. The lowest BCUT2D eigenvalue weighted by Gasteiger charge is -2.40. The molecule has 2 aromatic rings. The molecule has 0 atom stereocenters. The third-order valence-corrected chi connectivity index (χ3v) is 8.95. The Morgan fingerprint density at radius 2 is 1.41 bits per heavy atom. The van der Waals surface area contributed by atoms with Gasteiger partial charge in [0.2, 0.25) is 0 Å². The molecule has 2 saturated carbocycles. The van der Waals surface area contributed by atoms with E-state index in [2.05, 4.69) is 31.2 Å². The van der Waals surface area contributed by atoms with Crippen LogP contribution in [0.25, 0.3) is 11.1 Å². The van der Waals surface area contributed by atoms with Gasteiger partial charge in [0.1, 0.15) is 11.2 Å². The molecule has 6 nitrogen and oxygen atoms in total. The topological polar surface area (TPSA) is 100 Å². The number of hydrogen-bond donors (Lipinski definition) is 2. The van der Waals surface area contributed by atoms with E-state index in [9.17, 15) is 9.59 Å². The predicted octanol–water partition coefficient (Wildman–Crippen LogP) is 7.89. The van der Waals surface area contributed by atoms with Gasteiger partial charge < -0.3 is 20.3 Å². The average molecular weight is 531 g/mol. The van der Waals surface area contributed by atoms with Crippen molar-refractivity contribution in [2.24, 2.45) is 5.92 Å². The zero-order valence-corrected chi connectivity index (χ0v) is 23.1. The standard InChI is InChI=1S/C33H42N2O4/c1-2-3-4-5-25-6-8-26(9-7-25)27-10-12-28(13-11-27)29-14-16-30(17-15-29)31(37)39-33(23-35)20-18-32(22-34,19-21-33)38-24-36/h10-17,22-26,34-35H,2-9,18-21H2,1H3. The van der Waals surface area contributed by atoms with Gasteiger partial charge >= 0.3 is 5.97 Å². The molecule has 4 rings (SSSR count). The molecular weight excluding hydrogens is 488 g/mol. The maximum Gasteiger partial charge on any atom is 0.339 e. The number of carbonyl (C=O) groups is 2. The van der Waals surface area contributed by atoms with E-state index in [1.807, 2.05) is 12.1 Å². The predicted molar refractivity (Wildman–Crippen MR) is 155 cm³/mol. The van der Waals surface area contributed by atoms with Gasteiger partial charge in [0, 0.05) is 12.4 Å². The van der Waals surface area contributed by atoms with E-state index in [4.69, 9.17) is 20.3 Å². The fraction of sp³-hybridized carbons (Fsp3) is 0.515. The van der Waals surface area contributed by atoms with Gasteiger partial charge in [0.05, 0.1) is 5.56 Å². The summed E-state index contributed by atoms with van der Waals surface area (Å²) in [7, 11) is 0. The molecular formula is C33H42N2O4. The van der Waals surface area contributed by atoms with Crippen molar-refractivity contribution >= 4 is 24.9 Å². The summed E-state index contributed by atoms with van der Waals surface area (Å²) >= 11 is 0. The van der Waals surface area contributed by atoms with Crippen LogP contribution in [-0.2, 0) is 14.3 Å². The van der Waals surface area contributed by atoms with Crippen molar-refractivity contribution in [1.82, 2.24) is 0 Å². The second kappa shape index (κ2) is 13.2. The molecule has 2 aromatic carbocycles. The van der Waals surface area contributed by atoms with Crippen LogP contribution in [-0.4, -0.2) is 36.1 Å². The SMILES string of the molecule is CCCCCC1CCC(c2ccc(-c3ccc(C(=O)OC4(C=N)CCC(C=N)(OC=O)CC4)cc3)cc2)CC1. The Bertz CT molecular complexity index is 1110. The van der Waals surface area contributed by atoms with Crippen molar-refractivity contribution in [3.63, 3.8) is 0 Å². The molecule has 0 heterocycles. The maximum atomic E-state index is 12.9. The first kappa shape index (κ1) is 28.7. The molecule has 2 N–H and O–H groups in total. The van der Waals surface area contributed by atoms with Crippen LogP contribution in [0.1, 0.15) is 106 Å². The van der Waals surface area contributed by atoms with E-state index in [0.29, 0.717) is 43.6 Å². The quantitative estimate of drug-likeness (QED) is 0.126. The van der Waals surface area contributed by atoms with Crippen LogP contribution in [0.5, 0.6) is 0 Å². The van der Waals surface area contributed by atoms with Gasteiger partial charge in [-0.05, 0) is 92.0 Å². The molecule has 39 heavy (non-hydrogen) atoms. The summed E-state index contributed by atoms with van der Waals surface area (Å²) in [6.07, 6.45) is 14.3. The number of benzene rings is 2. The third kappa shape index (κ3) is 7.03. The summed E-state index contributed by atoms with van der Waals surface area (Å²) in [5.41, 5.74) is 1.98. The number of nitrogens with one attached hydrogen (secondary N) is 2. The summed E-state index contributed by atoms with van der Waals surface area (Å²) in [4.78, 5) is 23.8. The van der Waals surface area contributed by atoms with E-state index in [1.54, 1.807) is 12.1 Å². The van der Waals surface area contributed by atoms with Gasteiger partial charge in [-0.25, -0.2) is 4.79 Å². The molecule has 0 amide bonds. The zero-order valence-electron chi connectivity index (χ0n) is 23.1. The van der Waals surface area contributed by atoms with Crippen molar-refractivity contribution in [2.75, 3.05) is 0 Å². The van der Waals surface area contributed by atoms with Gasteiger partial charge in [-0.15, -0.1) is 0 Å². The molecule has 2 aliphatic carbocycles. The van der Waals surface area contributed by atoms with Crippen LogP contribution < -0.4 is 0 Å². The number of ether oxygens (including phenoxy) is 2. The summed E-state index contributed by atoms with van der Waals surface area (Å²) in [6, 6.07) is 16.3. The van der Waals surface area contributed by atoms with Crippen LogP contribution in [0.3, 0.4) is 0 Å². The molecule has 0 saturated heterocycles. The Morgan fingerprint density at radius 3 is 1.95 bits per heavy atom.